The summed E-state index contributed by atoms with van der Waals surface area (Å²) in [7, 11) is 0. The Labute approximate surface area is 111 Å². The van der Waals surface area contributed by atoms with E-state index in [1.54, 1.807) is 6.20 Å². The molecule has 0 saturated carbocycles. The molecule has 0 bridgehead atoms. The molecular formula is C12H19N3O4. The van der Waals surface area contributed by atoms with Crippen LogP contribution >= 0.6 is 0 Å². The van der Waals surface area contributed by atoms with E-state index in [0.29, 0.717) is 18.7 Å². The lowest BCUT2D eigenvalue weighted by Gasteiger charge is -2.13. The van der Waals surface area contributed by atoms with E-state index in [-0.39, 0.29) is 6.54 Å². The Balaban J connectivity index is 2.40. The van der Waals surface area contributed by atoms with Crippen molar-refractivity contribution in [3.8, 4) is 0 Å². The highest BCUT2D eigenvalue weighted by atomic mass is 16.4. The number of aromatic nitrogens is 1. The van der Waals surface area contributed by atoms with Gasteiger partial charge in [-0.25, -0.2) is 14.6 Å². The van der Waals surface area contributed by atoms with E-state index in [0.717, 1.165) is 12.2 Å². The first kappa shape index (κ1) is 15.0. The first-order valence-corrected chi connectivity index (χ1v) is 6.27. The highest BCUT2D eigenvalue weighted by molar-refractivity contribution is 5.82. The second kappa shape index (κ2) is 7.40. The van der Waals surface area contributed by atoms with Gasteiger partial charge in [0.2, 0.25) is 5.89 Å². The van der Waals surface area contributed by atoms with Crippen molar-refractivity contribution in [2.45, 2.75) is 45.7 Å². The number of aliphatic carboxylic acids is 1. The van der Waals surface area contributed by atoms with Crippen LogP contribution in [-0.4, -0.2) is 28.1 Å². The summed E-state index contributed by atoms with van der Waals surface area (Å²) in [6.07, 6.45) is 3.40. The van der Waals surface area contributed by atoms with E-state index in [1.165, 1.54) is 0 Å². The van der Waals surface area contributed by atoms with E-state index in [4.69, 9.17) is 9.52 Å². The molecule has 0 saturated heterocycles. The van der Waals surface area contributed by atoms with Crippen LogP contribution in [-0.2, 0) is 17.8 Å². The maximum Gasteiger partial charge on any atom is 0.326 e. The molecule has 7 nitrogen and oxygen atoms in total. The number of carboxylic acids is 1. The van der Waals surface area contributed by atoms with Gasteiger partial charge < -0.3 is 20.2 Å². The molecule has 1 aromatic heterocycles. The van der Waals surface area contributed by atoms with Crippen LogP contribution in [0.5, 0.6) is 0 Å². The summed E-state index contributed by atoms with van der Waals surface area (Å²) in [5.41, 5.74) is 0. The minimum Gasteiger partial charge on any atom is -0.480 e. The van der Waals surface area contributed by atoms with Gasteiger partial charge in [-0.05, 0) is 6.42 Å². The lowest BCUT2D eigenvalue weighted by Crippen LogP contribution is -2.45. The zero-order chi connectivity index (χ0) is 14.3. The molecular weight excluding hydrogens is 250 g/mol. The average Bonchev–Trinajstić information content (AvgIpc) is 2.83. The molecule has 3 N–H and O–H groups in total. The van der Waals surface area contributed by atoms with Gasteiger partial charge in [-0.15, -0.1) is 0 Å². The molecule has 2 amide bonds. The number of hydrogen-bond donors (Lipinski definition) is 3. The molecule has 1 heterocycles. The number of oxazole rings is 1. The molecule has 7 heteroatoms. The van der Waals surface area contributed by atoms with Gasteiger partial charge in [0.05, 0.1) is 12.7 Å². The minimum atomic E-state index is -1.04. The molecule has 0 aliphatic rings. The Kier molecular flexibility index (Phi) is 5.84. The molecule has 0 fully saturated rings. The van der Waals surface area contributed by atoms with Crippen molar-refractivity contribution in [1.82, 2.24) is 15.6 Å². The van der Waals surface area contributed by atoms with Crippen LogP contribution in [0.2, 0.25) is 0 Å². The second-order valence-corrected chi connectivity index (χ2v) is 4.08. The topological polar surface area (TPSA) is 104 Å². The zero-order valence-electron chi connectivity index (χ0n) is 11.1. The molecule has 19 heavy (non-hydrogen) atoms. The highest BCUT2D eigenvalue weighted by Crippen LogP contribution is 2.03. The van der Waals surface area contributed by atoms with Gasteiger partial charge in [0.15, 0.2) is 0 Å². The Hall–Kier alpha value is -2.05. The molecule has 1 aromatic rings. The molecule has 0 aliphatic carbocycles. The van der Waals surface area contributed by atoms with Crippen LogP contribution in [0.15, 0.2) is 10.6 Å². The number of aryl methyl sites for hydroxylation is 1. The fourth-order valence-electron chi connectivity index (χ4n) is 1.50. The lowest BCUT2D eigenvalue weighted by atomic mass is 10.2. The zero-order valence-corrected chi connectivity index (χ0v) is 11.1. The van der Waals surface area contributed by atoms with Crippen molar-refractivity contribution in [3.63, 3.8) is 0 Å². The van der Waals surface area contributed by atoms with E-state index >= 15 is 0 Å². The van der Waals surface area contributed by atoms with Crippen LogP contribution < -0.4 is 10.6 Å². The van der Waals surface area contributed by atoms with Crippen molar-refractivity contribution < 1.29 is 19.1 Å². The molecule has 1 rings (SSSR count). The predicted octanol–water partition coefficient (Wildman–Crippen LogP) is 1.29. The number of rotatable bonds is 7. The predicted molar refractivity (Wildman–Crippen MR) is 67.6 cm³/mol. The molecule has 0 spiro atoms. The Morgan fingerprint density at radius 3 is 2.74 bits per heavy atom. The van der Waals surface area contributed by atoms with Crippen molar-refractivity contribution in [3.05, 3.63) is 17.8 Å². The second-order valence-electron chi connectivity index (χ2n) is 4.08. The van der Waals surface area contributed by atoms with E-state index in [2.05, 4.69) is 15.6 Å². The number of carboxylic acid groups (broad SMARTS) is 1. The van der Waals surface area contributed by atoms with Gasteiger partial charge >= 0.3 is 12.0 Å². The fourth-order valence-corrected chi connectivity index (χ4v) is 1.50. The van der Waals surface area contributed by atoms with Gasteiger partial charge in [-0.1, -0.05) is 20.3 Å². The van der Waals surface area contributed by atoms with Crippen LogP contribution in [0, 0.1) is 0 Å². The molecule has 0 aliphatic heterocycles. The SMILES string of the molecule is CCC[C@H](NC(=O)NCc1ncc(CC)o1)C(=O)O. The van der Waals surface area contributed by atoms with Crippen LogP contribution in [0.1, 0.15) is 38.3 Å². The lowest BCUT2D eigenvalue weighted by molar-refractivity contribution is -0.139. The molecule has 1 atom stereocenters. The maximum absolute atomic E-state index is 11.5. The third-order valence-corrected chi connectivity index (χ3v) is 2.53. The monoisotopic (exact) mass is 269 g/mol. The first-order valence-electron chi connectivity index (χ1n) is 6.27. The van der Waals surface area contributed by atoms with Crippen molar-refractivity contribution in [1.29, 1.82) is 0 Å². The van der Waals surface area contributed by atoms with E-state index < -0.39 is 18.0 Å². The standard InChI is InChI=1S/C12H19N3O4/c1-3-5-9(11(16)17)15-12(18)14-7-10-13-6-8(4-2)19-10/h6,9H,3-5,7H2,1-2H3,(H,16,17)(H2,14,15,18)/t9-/m0/s1. The first-order chi connectivity index (χ1) is 9.06. The van der Waals surface area contributed by atoms with E-state index in [9.17, 15) is 9.59 Å². The summed E-state index contributed by atoms with van der Waals surface area (Å²) in [6, 6.07) is -1.42. The summed E-state index contributed by atoms with van der Waals surface area (Å²) >= 11 is 0. The Bertz CT molecular complexity index is 430. The minimum absolute atomic E-state index is 0.129. The number of carbonyl (C=O) groups is 2. The quantitative estimate of drug-likeness (QED) is 0.691. The van der Waals surface area contributed by atoms with Gasteiger partial charge in [-0.2, -0.15) is 0 Å². The average molecular weight is 269 g/mol. The number of urea groups is 1. The van der Waals surface area contributed by atoms with Crippen LogP contribution in [0.4, 0.5) is 4.79 Å². The summed E-state index contributed by atoms with van der Waals surface area (Å²) in [4.78, 5) is 26.4. The third kappa shape index (κ3) is 4.99. The molecule has 106 valence electrons. The Morgan fingerprint density at radius 2 is 2.21 bits per heavy atom. The summed E-state index contributed by atoms with van der Waals surface area (Å²) in [5.74, 6) is 0.0994. The fraction of sp³-hybridized carbons (Fsp3) is 0.583. The van der Waals surface area contributed by atoms with Gasteiger partial charge in [-0.3, -0.25) is 0 Å². The van der Waals surface area contributed by atoms with Crippen molar-refractivity contribution in [2.24, 2.45) is 0 Å². The van der Waals surface area contributed by atoms with Gasteiger partial charge in [0, 0.05) is 6.42 Å². The summed E-state index contributed by atoms with van der Waals surface area (Å²) in [5, 5.41) is 13.8. The van der Waals surface area contributed by atoms with Gasteiger partial charge in [0.1, 0.15) is 11.8 Å². The maximum atomic E-state index is 11.5. The molecule has 0 aromatic carbocycles. The number of carbonyl (C=O) groups excluding carboxylic acids is 1. The Morgan fingerprint density at radius 1 is 1.47 bits per heavy atom. The normalized spacial score (nSPS) is 11.9. The number of nitrogens with one attached hydrogen (secondary N) is 2. The molecule has 0 radical (unpaired) electrons. The largest absolute Gasteiger partial charge is 0.480 e. The number of hydrogen-bond acceptors (Lipinski definition) is 4. The highest BCUT2D eigenvalue weighted by Gasteiger charge is 2.18. The third-order valence-electron chi connectivity index (χ3n) is 2.53. The molecule has 0 unspecified atom stereocenters. The van der Waals surface area contributed by atoms with Crippen molar-refractivity contribution in [2.75, 3.05) is 0 Å². The smallest absolute Gasteiger partial charge is 0.326 e. The van der Waals surface area contributed by atoms with Gasteiger partial charge in [0.25, 0.3) is 0 Å². The van der Waals surface area contributed by atoms with Crippen LogP contribution in [0.3, 0.4) is 0 Å². The van der Waals surface area contributed by atoms with Crippen LogP contribution in [0.25, 0.3) is 0 Å². The van der Waals surface area contributed by atoms with Crippen molar-refractivity contribution >= 4 is 12.0 Å². The van der Waals surface area contributed by atoms with E-state index in [1.807, 2.05) is 13.8 Å². The summed E-state index contributed by atoms with van der Waals surface area (Å²) in [6.45, 7) is 3.92. The summed E-state index contributed by atoms with van der Waals surface area (Å²) < 4.78 is 5.31. The number of amides is 2. The number of nitrogens with zero attached hydrogens (tertiary/aromatic N) is 1.